The molecule has 1 aromatic carbocycles. The van der Waals surface area contributed by atoms with Gasteiger partial charge in [0.1, 0.15) is 0 Å². The van der Waals surface area contributed by atoms with Crippen LogP contribution in [0.3, 0.4) is 0 Å². The van der Waals surface area contributed by atoms with Gasteiger partial charge >= 0.3 is 12.0 Å². The maximum Gasteiger partial charge on any atom is 0.319 e. The lowest BCUT2D eigenvalue weighted by molar-refractivity contribution is -0.133. The van der Waals surface area contributed by atoms with E-state index in [1.807, 2.05) is 13.8 Å². The Morgan fingerprint density at radius 3 is 2.39 bits per heavy atom. The standard InChI is InChI=1S/C15H21N3O4S/c1-10(2)17-15(22)18-12-5-3-11(4-6-12)14(21)16-7-8-23-9-13(19)20/h3-6,10H,7-9H2,1-2H3,(H,16,21)(H,19,20)(H2,17,18,22). The van der Waals surface area contributed by atoms with E-state index in [4.69, 9.17) is 5.11 Å². The number of urea groups is 1. The fourth-order valence-electron chi connectivity index (χ4n) is 1.63. The van der Waals surface area contributed by atoms with Crippen LogP contribution in [-0.2, 0) is 4.79 Å². The van der Waals surface area contributed by atoms with E-state index in [0.717, 1.165) is 0 Å². The van der Waals surface area contributed by atoms with Crippen LogP contribution in [0.5, 0.6) is 0 Å². The molecule has 3 amide bonds. The van der Waals surface area contributed by atoms with E-state index >= 15 is 0 Å². The zero-order valence-electron chi connectivity index (χ0n) is 13.1. The number of amides is 3. The van der Waals surface area contributed by atoms with Crippen molar-refractivity contribution >= 4 is 35.4 Å². The molecule has 0 spiro atoms. The van der Waals surface area contributed by atoms with Crippen LogP contribution >= 0.6 is 11.8 Å². The second kappa shape index (κ2) is 9.73. The smallest absolute Gasteiger partial charge is 0.319 e. The largest absolute Gasteiger partial charge is 0.481 e. The molecular formula is C15H21N3O4S. The summed E-state index contributed by atoms with van der Waals surface area (Å²) in [4.78, 5) is 33.8. The zero-order chi connectivity index (χ0) is 17.2. The van der Waals surface area contributed by atoms with Crippen LogP contribution in [0, 0.1) is 0 Å². The van der Waals surface area contributed by atoms with E-state index in [9.17, 15) is 14.4 Å². The number of carbonyl (C=O) groups is 3. The first kappa shape index (κ1) is 18.8. The summed E-state index contributed by atoms with van der Waals surface area (Å²) < 4.78 is 0. The van der Waals surface area contributed by atoms with Gasteiger partial charge in [-0.2, -0.15) is 0 Å². The second-order valence-electron chi connectivity index (χ2n) is 5.03. The lowest BCUT2D eigenvalue weighted by Crippen LogP contribution is -2.34. The zero-order valence-corrected chi connectivity index (χ0v) is 13.9. The molecule has 0 saturated heterocycles. The first-order valence-corrected chi connectivity index (χ1v) is 8.29. The number of hydrogen-bond donors (Lipinski definition) is 4. The van der Waals surface area contributed by atoms with Crippen LogP contribution in [0.1, 0.15) is 24.2 Å². The third kappa shape index (κ3) is 8.10. The van der Waals surface area contributed by atoms with Crippen LogP contribution in [-0.4, -0.2) is 47.1 Å². The summed E-state index contributed by atoms with van der Waals surface area (Å²) in [6, 6.07) is 6.27. The number of hydrogen-bond acceptors (Lipinski definition) is 4. The van der Waals surface area contributed by atoms with E-state index in [1.165, 1.54) is 11.8 Å². The molecule has 0 heterocycles. The molecule has 1 rings (SSSR count). The predicted octanol–water partition coefficient (Wildman–Crippen LogP) is 1.76. The number of nitrogens with one attached hydrogen (secondary N) is 3. The van der Waals surface area contributed by atoms with Gasteiger partial charge in [0.25, 0.3) is 5.91 Å². The average molecular weight is 339 g/mol. The molecule has 0 aromatic heterocycles. The molecule has 0 aliphatic carbocycles. The molecule has 1 aromatic rings. The van der Waals surface area contributed by atoms with Crippen molar-refractivity contribution < 1.29 is 19.5 Å². The third-order valence-corrected chi connectivity index (χ3v) is 3.53. The molecule has 0 radical (unpaired) electrons. The summed E-state index contributed by atoms with van der Waals surface area (Å²) in [6.07, 6.45) is 0. The molecule has 0 aliphatic heterocycles. The van der Waals surface area contributed by atoms with E-state index in [1.54, 1.807) is 24.3 Å². The van der Waals surface area contributed by atoms with Gasteiger partial charge in [0.05, 0.1) is 5.75 Å². The van der Waals surface area contributed by atoms with Gasteiger partial charge in [-0.15, -0.1) is 11.8 Å². The highest BCUT2D eigenvalue weighted by molar-refractivity contribution is 7.99. The van der Waals surface area contributed by atoms with Gasteiger partial charge in [0.2, 0.25) is 0 Å². The van der Waals surface area contributed by atoms with Gasteiger partial charge < -0.3 is 21.1 Å². The molecule has 8 heteroatoms. The first-order chi connectivity index (χ1) is 10.9. The van der Waals surface area contributed by atoms with E-state index in [2.05, 4.69) is 16.0 Å². The summed E-state index contributed by atoms with van der Waals surface area (Å²) in [6.45, 7) is 4.12. The SMILES string of the molecule is CC(C)NC(=O)Nc1ccc(C(=O)NCCSCC(=O)O)cc1. The van der Waals surface area contributed by atoms with Crippen LogP contribution in [0.15, 0.2) is 24.3 Å². The van der Waals surface area contributed by atoms with Gasteiger partial charge in [-0.1, -0.05) is 0 Å². The third-order valence-electron chi connectivity index (χ3n) is 2.58. The molecule has 0 unspecified atom stereocenters. The van der Waals surface area contributed by atoms with Crippen LogP contribution < -0.4 is 16.0 Å². The quantitative estimate of drug-likeness (QED) is 0.540. The topological polar surface area (TPSA) is 108 Å². The normalized spacial score (nSPS) is 10.2. The molecule has 0 bridgehead atoms. The maximum atomic E-state index is 11.9. The van der Waals surface area contributed by atoms with Crippen molar-refractivity contribution in [1.29, 1.82) is 0 Å². The fourth-order valence-corrected chi connectivity index (χ4v) is 2.20. The number of rotatable bonds is 8. The van der Waals surface area contributed by atoms with Crippen LogP contribution in [0.25, 0.3) is 0 Å². The van der Waals surface area contributed by atoms with Crippen molar-refractivity contribution in [3.8, 4) is 0 Å². The number of carbonyl (C=O) groups excluding carboxylic acids is 2. The minimum Gasteiger partial charge on any atom is -0.481 e. The summed E-state index contributed by atoms with van der Waals surface area (Å²) in [5.41, 5.74) is 1.07. The Balaban J connectivity index is 2.38. The Kier molecular flexibility index (Phi) is 7.96. The number of thioether (sulfide) groups is 1. The Bertz CT molecular complexity index is 546. The number of carboxylic acid groups (broad SMARTS) is 1. The predicted molar refractivity (Wildman–Crippen MR) is 91.0 cm³/mol. The minimum atomic E-state index is -0.870. The number of carboxylic acids is 1. The summed E-state index contributed by atoms with van der Waals surface area (Å²) >= 11 is 1.24. The molecule has 0 atom stereocenters. The van der Waals surface area contributed by atoms with Crippen LogP contribution in [0.2, 0.25) is 0 Å². The van der Waals surface area contributed by atoms with Crippen molar-refractivity contribution in [3.05, 3.63) is 29.8 Å². The van der Waals surface area contributed by atoms with Crippen LogP contribution in [0.4, 0.5) is 10.5 Å². The summed E-state index contributed by atoms with van der Waals surface area (Å²) in [7, 11) is 0. The molecular weight excluding hydrogens is 318 g/mol. The van der Waals surface area contributed by atoms with Crippen molar-refractivity contribution in [2.75, 3.05) is 23.4 Å². The van der Waals surface area contributed by atoms with E-state index in [-0.39, 0.29) is 23.7 Å². The van der Waals surface area contributed by atoms with Gasteiger partial charge in [-0.25, -0.2) is 4.79 Å². The number of aliphatic carboxylic acids is 1. The summed E-state index contributed by atoms with van der Waals surface area (Å²) in [5, 5.41) is 16.6. The van der Waals surface area contributed by atoms with Gasteiger partial charge in [0.15, 0.2) is 0 Å². The molecule has 126 valence electrons. The van der Waals surface area contributed by atoms with E-state index < -0.39 is 5.97 Å². The highest BCUT2D eigenvalue weighted by Crippen LogP contribution is 2.09. The molecule has 23 heavy (non-hydrogen) atoms. The Morgan fingerprint density at radius 1 is 1.17 bits per heavy atom. The fraction of sp³-hybridized carbons (Fsp3) is 0.400. The Morgan fingerprint density at radius 2 is 1.83 bits per heavy atom. The van der Waals surface area contributed by atoms with Crippen molar-refractivity contribution in [3.63, 3.8) is 0 Å². The average Bonchev–Trinajstić information content (AvgIpc) is 2.46. The van der Waals surface area contributed by atoms with E-state index in [0.29, 0.717) is 23.5 Å². The second-order valence-corrected chi connectivity index (χ2v) is 6.14. The van der Waals surface area contributed by atoms with Crippen molar-refractivity contribution in [1.82, 2.24) is 10.6 Å². The lowest BCUT2D eigenvalue weighted by atomic mass is 10.2. The monoisotopic (exact) mass is 339 g/mol. The molecule has 7 nitrogen and oxygen atoms in total. The molecule has 0 aliphatic rings. The maximum absolute atomic E-state index is 11.9. The number of benzene rings is 1. The molecule has 0 fully saturated rings. The lowest BCUT2D eigenvalue weighted by Gasteiger charge is -2.10. The Labute approximate surface area is 139 Å². The first-order valence-electron chi connectivity index (χ1n) is 7.14. The van der Waals surface area contributed by atoms with Crippen molar-refractivity contribution in [2.24, 2.45) is 0 Å². The highest BCUT2D eigenvalue weighted by Gasteiger charge is 2.07. The Hall–Kier alpha value is -2.22. The van der Waals surface area contributed by atoms with Gasteiger partial charge in [-0.05, 0) is 38.1 Å². The number of anilines is 1. The molecule has 4 N–H and O–H groups in total. The van der Waals surface area contributed by atoms with Gasteiger partial charge in [-0.3, -0.25) is 9.59 Å². The minimum absolute atomic E-state index is 0.0225. The van der Waals surface area contributed by atoms with Crippen molar-refractivity contribution in [2.45, 2.75) is 19.9 Å². The molecule has 0 saturated carbocycles. The summed E-state index contributed by atoms with van der Waals surface area (Å²) in [5.74, 6) is -0.549. The van der Waals surface area contributed by atoms with Gasteiger partial charge in [0, 0.05) is 29.6 Å². The highest BCUT2D eigenvalue weighted by atomic mass is 32.2.